The fourth-order valence-corrected chi connectivity index (χ4v) is 5.22. The third-order valence-corrected chi connectivity index (χ3v) is 6.18. The van der Waals surface area contributed by atoms with Gasteiger partial charge in [-0.1, -0.05) is 25.1 Å². The third-order valence-electron chi connectivity index (χ3n) is 3.95. The van der Waals surface area contributed by atoms with E-state index in [2.05, 4.69) is 4.72 Å². The molecule has 116 valence electrons. The summed E-state index contributed by atoms with van der Waals surface area (Å²) in [6.07, 6.45) is 2.95. The molecule has 0 bridgehead atoms. The van der Waals surface area contributed by atoms with Crippen LogP contribution < -0.4 is 10.5 Å². The fourth-order valence-electron chi connectivity index (χ4n) is 3.01. The van der Waals surface area contributed by atoms with Crippen LogP contribution in [0.5, 0.6) is 0 Å². The lowest BCUT2D eigenvalue weighted by molar-refractivity contribution is 0.502. The van der Waals surface area contributed by atoms with Crippen LogP contribution in [-0.4, -0.2) is 18.9 Å². The van der Waals surface area contributed by atoms with Gasteiger partial charge >= 0.3 is 0 Å². The zero-order valence-corrected chi connectivity index (χ0v) is 13.7. The first-order valence-electron chi connectivity index (χ1n) is 6.79. The Morgan fingerprint density at radius 3 is 2.19 bits per heavy atom. The SMILES string of the molecule is Cc1cc(F)cc(C)c1S(=O)(=O)NC1(C(N)=S)CCCC1. The Bertz CT molecular complexity index is 657. The van der Waals surface area contributed by atoms with Crippen LogP contribution in [0, 0.1) is 19.7 Å². The average molecular weight is 330 g/mol. The summed E-state index contributed by atoms with van der Waals surface area (Å²) in [5.74, 6) is -0.450. The highest BCUT2D eigenvalue weighted by molar-refractivity contribution is 7.89. The van der Waals surface area contributed by atoms with Crippen LogP contribution in [0.1, 0.15) is 36.8 Å². The van der Waals surface area contributed by atoms with Gasteiger partial charge in [-0.05, 0) is 49.9 Å². The highest BCUT2D eigenvalue weighted by Crippen LogP contribution is 2.32. The molecule has 0 amide bonds. The number of sulfonamides is 1. The predicted octanol–water partition coefficient (Wildman–Crippen LogP) is 2.32. The molecule has 0 unspecified atom stereocenters. The third kappa shape index (κ3) is 3.09. The normalized spacial score (nSPS) is 17.9. The lowest BCUT2D eigenvalue weighted by atomic mass is 10.00. The molecule has 1 aromatic carbocycles. The van der Waals surface area contributed by atoms with E-state index >= 15 is 0 Å². The summed E-state index contributed by atoms with van der Waals surface area (Å²) in [7, 11) is -3.81. The second-order valence-corrected chi connectivity index (χ2v) is 7.69. The minimum absolute atomic E-state index is 0.103. The second-order valence-electron chi connectivity index (χ2n) is 5.63. The van der Waals surface area contributed by atoms with E-state index in [9.17, 15) is 12.8 Å². The van der Waals surface area contributed by atoms with Gasteiger partial charge in [0.15, 0.2) is 0 Å². The van der Waals surface area contributed by atoms with E-state index in [1.54, 1.807) is 13.8 Å². The zero-order valence-electron chi connectivity index (χ0n) is 12.1. The molecule has 0 saturated heterocycles. The van der Waals surface area contributed by atoms with Crippen molar-refractivity contribution in [3.8, 4) is 0 Å². The zero-order chi connectivity index (χ0) is 15.8. The maximum atomic E-state index is 13.3. The van der Waals surface area contributed by atoms with Gasteiger partial charge in [-0.3, -0.25) is 0 Å². The van der Waals surface area contributed by atoms with E-state index in [0.29, 0.717) is 24.0 Å². The molecule has 0 radical (unpaired) electrons. The summed E-state index contributed by atoms with van der Waals surface area (Å²) in [6.45, 7) is 3.15. The number of hydrogen-bond donors (Lipinski definition) is 2. The molecular weight excluding hydrogens is 311 g/mol. The molecule has 1 aliphatic rings. The molecule has 4 nitrogen and oxygen atoms in total. The van der Waals surface area contributed by atoms with Crippen molar-refractivity contribution in [3.63, 3.8) is 0 Å². The number of hydrogen-bond acceptors (Lipinski definition) is 3. The number of nitrogens with two attached hydrogens (primary N) is 1. The van der Waals surface area contributed by atoms with Crippen molar-refractivity contribution in [2.24, 2.45) is 5.73 Å². The summed E-state index contributed by atoms with van der Waals surface area (Å²) in [6, 6.07) is 2.42. The monoisotopic (exact) mass is 330 g/mol. The van der Waals surface area contributed by atoms with E-state index in [1.807, 2.05) is 0 Å². The molecule has 0 aromatic heterocycles. The predicted molar refractivity (Wildman–Crippen MR) is 84.2 cm³/mol. The minimum atomic E-state index is -3.81. The minimum Gasteiger partial charge on any atom is -0.392 e. The van der Waals surface area contributed by atoms with Crippen molar-refractivity contribution < 1.29 is 12.8 Å². The Kier molecular flexibility index (Phi) is 4.37. The molecule has 3 N–H and O–H groups in total. The average Bonchev–Trinajstić information content (AvgIpc) is 2.75. The van der Waals surface area contributed by atoms with Crippen molar-refractivity contribution in [2.45, 2.75) is 50.0 Å². The van der Waals surface area contributed by atoms with Crippen LogP contribution >= 0.6 is 12.2 Å². The van der Waals surface area contributed by atoms with Crippen LogP contribution in [0.25, 0.3) is 0 Å². The molecule has 1 fully saturated rings. The van der Waals surface area contributed by atoms with Crippen LogP contribution in [0.4, 0.5) is 4.39 Å². The van der Waals surface area contributed by atoms with E-state index in [1.165, 1.54) is 12.1 Å². The van der Waals surface area contributed by atoms with Gasteiger partial charge in [0.25, 0.3) is 0 Å². The number of thiocarbonyl (C=S) groups is 1. The van der Waals surface area contributed by atoms with E-state index in [-0.39, 0.29) is 9.88 Å². The molecule has 1 aliphatic carbocycles. The van der Waals surface area contributed by atoms with Gasteiger partial charge < -0.3 is 5.73 Å². The fraction of sp³-hybridized carbons (Fsp3) is 0.500. The number of benzene rings is 1. The number of halogens is 1. The molecule has 0 spiro atoms. The van der Waals surface area contributed by atoms with Gasteiger partial charge in [0, 0.05) is 0 Å². The smallest absolute Gasteiger partial charge is 0.241 e. The summed E-state index contributed by atoms with van der Waals surface area (Å²) in [5.41, 5.74) is 5.65. The Labute approximate surface area is 130 Å². The standard InChI is InChI=1S/C14H19FN2O2S2/c1-9-7-11(15)8-10(2)12(9)21(18,19)17-14(13(16)20)5-3-4-6-14/h7-8,17H,3-6H2,1-2H3,(H2,16,20). The first-order valence-corrected chi connectivity index (χ1v) is 8.68. The van der Waals surface area contributed by atoms with Crippen LogP contribution in [0.2, 0.25) is 0 Å². The molecule has 7 heteroatoms. The van der Waals surface area contributed by atoms with Gasteiger partial charge in [-0.2, -0.15) is 4.72 Å². The highest BCUT2D eigenvalue weighted by atomic mass is 32.2. The van der Waals surface area contributed by atoms with Gasteiger partial charge in [-0.25, -0.2) is 12.8 Å². The van der Waals surface area contributed by atoms with Crippen LogP contribution in [0.3, 0.4) is 0 Å². The molecule has 0 heterocycles. The molecule has 1 aromatic rings. The summed E-state index contributed by atoms with van der Waals surface area (Å²) in [4.78, 5) is 0.271. The van der Waals surface area contributed by atoms with Crippen molar-refractivity contribution in [3.05, 3.63) is 29.1 Å². The Morgan fingerprint density at radius 1 is 1.29 bits per heavy atom. The molecule has 0 atom stereocenters. The lowest BCUT2D eigenvalue weighted by Crippen LogP contribution is -2.54. The largest absolute Gasteiger partial charge is 0.392 e. The molecule has 0 aliphatic heterocycles. The van der Waals surface area contributed by atoms with Gasteiger partial charge in [0.1, 0.15) is 5.82 Å². The first-order chi connectivity index (χ1) is 9.68. The Hall–Kier alpha value is -1.05. The van der Waals surface area contributed by atoms with Crippen molar-refractivity contribution >= 4 is 27.2 Å². The van der Waals surface area contributed by atoms with Crippen LogP contribution in [-0.2, 0) is 10.0 Å². The van der Waals surface area contributed by atoms with E-state index in [0.717, 1.165) is 12.8 Å². The van der Waals surface area contributed by atoms with Gasteiger partial charge in [0.2, 0.25) is 10.0 Å². The van der Waals surface area contributed by atoms with Gasteiger partial charge in [-0.15, -0.1) is 0 Å². The molecule has 21 heavy (non-hydrogen) atoms. The van der Waals surface area contributed by atoms with Gasteiger partial charge in [0.05, 0.1) is 15.4 Å². The molecular formula is C14H19FN2O2S2. The molecule has 2 rings (SSSR count). The Morgan fingerprint density at radius 2 is 1.76 bits per heavy atom. The van der Waals surface area contributed by atoms with Crippen LogP contribution in [0.15, 0.2) is 17.0 Å². The number of nitrogens with one attached hydrogen (secondary N) is 1. The summed E-state index contributed by atoms with van der Waals surface area (Å²) < 4.78 is 41.4. The highest BCUT2D eigenvalue weighted by Gasteiger charge is 2.41. The quantitative estimate of drug-likeness (QED) is 0.831. The maximum Gasteiger partial charge on any atom is 0.241 e. The Balaban J connectivity index is 2.46. The molecule has 1 saturated carbocycles. The first kappa shape index (κ1) is 16.3. The second kappa shape index (κ2) is 5.62. The topological polar surface area (TPSA) is 72.2 Å². The van der Waals surface area contributed by atoms with E-state index in [4.69, 9.17) is 18.0 Å². The van der Waals surface area contributed by atoms with Crippen molar-refractivity contribution in [2.75, 3.05) is 0 Å². The lowest BCUT2D eigenvalue weighted by Gasteiger charge is -2.29. The van der Waals surface area contributed by atoms with Crippen molar-refractivity contribution in [1.29, 1.82) is 0 Å². The van der Waals surface area contributed by atoms with E-state index < -0.39 is 21.4 Å². The summed E-state index contributed by atoms with van der Waals surface area (Å²) >= 11 is 5.06. The number of rotatable bonds is 4. The summed E-state index contributed by atoms with van der Waals surface area (Å²) in [5, 5.41) is 0. The van der Waals surface area contributed by atoms with Crippen molar-refractivity contribution in [1.82, 2.24) is 4.72 Å². The number of aryl methyl sites for hydroxylation is 2. The maximum absolute atomic E-state index is 13.3.